The molecule has 0 spiro atoms. The summed E-state index contributed by atoms with van der Waals surface area (Å²) in [6, 6.07) is 39.0. The van der Waals surface area contributed by atoms with E-state index < -0.39 is 61.4 Å². The summed E-state index contributed by atoms with van der Waals surface area (Å²) in [5, 5.41) is 41.2. The number of hydrogen-bond donors (Lipinski definition) is 4. The fraction of sp³-hybridized carbons (Fsp3) is 0.400. The van der Waals surface area contributed by atoms with Crippen LogP contribution < -0.4 is 0 Å². The van der Waals surface area contributed by atoms with Crippen LogP contribution in [0.3, 0.4) is 0 Å². The normalized spacial score (nSPS) is 29.5. The number of aliphatic hydroxyl groups excluding tert-OH is 4. The van der Waals surface area contributed by atoms with Crippen LogP contribution in [0.2, 0.25) is 0 Å². The molecule has 0 aliphatic carbocycles. The fourth-order valence-corrected chi connectivity index (χ4v) is 6.14. The minimum Gasteiger partial charge on any atom is -0.387 e. The lowest BCUT2D eigenvalue weighted by molar-refractivity contribution is -0.342. The van der Waals surface area contributed by atoms with Crippen molar-refractivity contribution in [2.75, 3.05) is 13.2 Å². The molecular formula is C40H46O11. The molecule has 4 aromatic carbocycles. The molecule has 272 valence electrons. The third-order valence-electron chi connectivity index (χ3n) is 8.95. The van der Waals surface area contributed by atoms with Gasteiger partial charge in [0.1, 0.15) is 48.8 Å². The maximum Gasteiger partial charge on any atom is 0.187 e. The molecule has 0 amide bonds. The van der Waals surface area contributed by atoms with Crippen molar-refractivity contribution >= 4 is 0 Å². The highest BCUT2D eigenvalue weighted by Gasteiger charge is 2.50. The molecule has 2 heterocycles. The van der Waals surface area contributed by atoms with Gasteiger partial charge in [-0.1, -0.05) is 121 Å². The Kier molecular flexibility index (Phi) is 13.7. The van der Waals surface area contributed by atoms with Gasteiger partial charge in [-0.15, -0.1) is 0 Å². The molecule has 2 aliphatic rings. The van der Waals surface area contributed by atoms with E-state index in [1.807, 2.05) is 121 Å². The van der Waals surface area contributed by atoms with Crippen LogP contribution in [0.25, 0.3) is 0 Å². The third kappa shape index (κ3) is 10.3. The predicted molar refractivity (Wildman–Crippen MR) is 185 cm³/mol. The van der Waals surface area contributed by atoms with Gasteiger partial charge in [0, 0.05) is 0 Å². The van der Waals surface area contributed by atoms with Crippen molar-refractivity contribution in [1.29, 1.82) is 0 Å². The molecule has 51 heavy (non-hydrogen) atoms. The number of rotatable bonds is 16. The van der Waals surface area contributed by atoms with Gasteiger partial charge in [-0.3, -0.25) is 0 Å². The average molecular weight is 703 g/mol. The summed E-state index contributed by atoms with van der Waals surface area (Å²) in [6.07, 6.45) is -11.8. The zero-order valence-corrected chi connectivity index (χ0v) is 28.2. The van der Waals surface area contributed by atoms with Gasteiger partial charge in [0.15, 0.2) is 12.6 Å². The maximum absolute atomic E-state index is 10.7. The van der Waals surface area contributed by atoms with E-state index in [0.717, 1.165) is 22.3 Å². The van der Waals surface area contributed by atoms with Crippen LogP contribution in [0.5, 0.6) is 0 Å². The van der Waals surface area contributed by atoms with Crippen LogP contribution in [0.1, 0.15) is 22.3 Å². The zero-order valence-electron chi connectivity index (χ0n) is 28.2. The number of ether oxygens (including phenoxy) is 7. The van der Waals surface area contributed by atoms with Crippen molar-refractivity contribution in [2.45, 2.75) is 87.8 Å². The first-order valence-corrected chi connectivity index (χ1v) is 17.2. The Labute approximate surface area is 297 Å². The highest BCUT2D eigenvalue weighted by atomic mass is 16.7. The molecule has 0 unspecified atom stereocenters. The molecule has 6 rings (SSSR count). The summed E-state index contributed by atoms with van der Waals surface area (Å²) in [6.45, 7) is 0.862. The number of aliphatic hydroxyl groups is 4. The minimum atomic E-state index is -1.72. The van der Waals surface area contributed by atoms with Gasteiger partial charge in [-0.05, 0) is 22.3 Å². The van der Waals surface area contributed by atoms with Crippen LogP contribution in [0.15, 0.2) is 121 Å². The van der Waals surface area contributed by atoms with Gasteiger partial charge in [0.05, 0.1) is 39.6 Å². The monoisotopic (exact) mass is 702 g/mol. The van der Waals surface area contributed by atoms with E-state index in [1.165, 1.54) is 0 Å². The van der Waals surface area contributed by atoms with Crippen molar-refractivity contribution in [2.24, 2.45) is 0 Å². The Hall–Kier alpha value is -3.56. The molecule has 2 saturated heterocycles. The lowest BCUT2D eigenvalue weighted by Gasteiger charge is -2.46. The molecular weight excluding hydrogens is 656 g/mol. The summed E-state index contributed by atoms with van der Waals surface area (Å²) in [7, 11) is 0. The molecule has 2 fully saturated rings. The van der Waals surface area contributed by atoms with Gasteiger partial charge in [-0.25, -0.2) is 0 Å². The van der Waals surface area contributed by atoms with E-state index in [-0.39, 0.29) is 33.0 Å². The van der Waals surface area contributed by atoms with Crippen LogP contribution in [0, 0.1) is 0 Å². The standard InChI is InChI=1S/C40H46O11/c41-33-31(50-39(44)35(43)34(33)42)26-49-40-38(48-24-30-19-11-4-12-20-30)37(47-23-29-17-9-3-10-18-29)36(46-22-28-15-7-2-8-16-28)32(51-40)25-45-21-27-13-5-1-6-14-27/h1-20,31-44H,21-26H2/t31-,32-,33-,34+,35-,36-,37+,38-,39+,40+/m1/s1. The number of hydrogen-bond acceptors (Lipinski definition) is 11. The summed E-state index contributed by atoms with van der Waals surface area (Å²) in [5.41, 5.74) is 3.82. The van der Waals surface area contributed by atoms with Crippen LogP contribution in [0.4, 0.5) is 0 Å². The molecule has 4 N–H and O–H groups in total. The molecule has 4 aromatic rings. The summed E-state index contributed by atoms with van der Waals surface area (Å²) >= 11 is 0. The number of benzene rings is 4. The zero-order chi connectivity index (χ0) is 35.4. The first-order valence-electron chi connectivity index (χ1n) is 17.2. The molecule has 11 nitrogen and oxygen atoms in total. The SMILES string of the molecule is O[C@@H]1[C@@H](O)[C@@H](O)O[C@H](CO[C@H]2O[C@H](COCc3ccccc3)[C@@H](OCc3ccccc3)[C@H](OCc3ccccc3)[C@H]2OCc2ccccc2)[C@H]1O. The Morgan fingerprint density at radius 1 is 0.412 bits per heavy atom. The highest BCUT2D eigenvalue weighted by molar-refractivity contribution is 5.16. The van der Waals surface area contributed by atoms with E-state index >= 15 is 0 Å². The molecule has 0 aromatic heterocycles. The quantitative estimate of drug-likeness (QED) is 0.136. The van der Waals surface area contributed by atoms with E-state index in [2.05, 4.69) is 0 Å². The van der Waals surface area contributed by atoms with Gasteiger partial charge in [0.25, 0.3) is 0 Å². The first-order chi connectivity index (χ1) is 25.0. The van der Waals surface area contributed by atoms with E-state index in [9.17, 15) is 20.4 Å². The second-order valence-corrected chi connectivity index (χ2v) is 12.7. The van der Waals surface area contributed by atoms with Gasteiger partial charge >= 0.3 is 0 Å². The van der Waals surface area contributed by atoms with E-state index in [0.29, 0.717) is 6.61 Å². The van der Waals surface area contributed by atoms with Gasteiger partial charge in [0.2, 0.25) is 0 Å². The minimum absolute atomic E-state index is 0.122. The molecule has 11 heteroatoms. The van der Waals surface area contributed by atoms with Crippen LogP contribution >= 0.6 is 0 Å². The molecule has 0 radical (unpaired) electrons. The van der Waals surface area contributed by atoms with Gasteiger partial charge < -0.3 is 53.6 Å². The summed E-state index contributed by atoms with van der Waals surface area (Å²) in [5.74, 6) is 0. The largest absolute Gasteiger partial charge is 0.387 e. The molecule has 2 aliphatic heterocycles. The summed E-state index contributed by atoms with van der Waals surface area (Å²) in [4.78, 5) is 0. The second-order valence-electron chi connectivity index (χ2n) is 12.7. The maximum atomic E-state index is 10.7. The Balaban J connectivity index is 1.29. The smallest absolute Gasteiger partial charge is 0.187 e. The second kappa shape index (κ2) is 18.8. The lowest BCUT2D eigenvalue weighted by Crippen LogP contribution is -2.63. The van der Waals surface area contributed by atoms with Crippen molar-refractivity contribution in [3.8, 4) is 0 Å². The predicted octanol–water partition coefficient (Wildman–Crippen LogP) is 3.50. The highest BCUT2D eigenvalue weighted by Crippen LogP contribution is 2.32. The van der Waals surface area contributed by atoms with Crippen LogP contribution in [-0.4, -0.2) is 95.1 Å². The van der Waals surface area contributed by atoms with Crippen molar-refractivity contribution < 1.29 is 53.6 Å². The van der Waals surface area contributed by atoms with Crippen molar-refractivity contribution in [3.63, 3.8) is 0 Å². The first kappa shape index (κ1) is 37.2. The van der Waals surface area contributed by atoms with Crippen molar-refractivity contribution in [3.05, 3.63) is 144 Å². The average Bonchev–Trinajstić information content (AvgIpc) is 3.17. The summed E-state index contributed by atoms with van der Waals surface area (Å²) < 4.78 is 44.4. The Morgan fingerprint density at radius 2 is 0.863 bits per heavy atom. The van der Waals surface area contributed by atoms with Crippen molar-refractivity contribution in [1.82, 2.24) is 0 Å². The Morgan fingerprint density at radius 3 is 1.37 bits per heavy atom. The fourth-order valence-electron chi connectivity index (χ4n) is 6.14. The van der Waals surface area contributed by atoms with E-state index in [1.54, 1.807) is 0 Å². The van der Waals surface area contributed by atoms with E-state index in [4.69, 9.17) is 33.2 Å². The topological polar surface area (TPSA) is 146 Å². The molecule has 0 bridgehead atoms. The van der Waals surface area contributed by atoms with Gasteiger partial charge in [-0.2, -0.15) is 0 Å². The Bertz CT molecular complexity index is 1550. The molecule has 10 atom stereocenters. The lowest BCUT2D eigenvalue weighted by atomic mass is 9.97. The van der Waals surface area contributed by atoms with Crippen LogP contribution in [-0.2, 0) is 59.6 Å². The third-order valence-corrected chi connectivity index (χ3v) is 8.95. The molecule has 0 saturated carbocycles.